The van der Waals surface area contributed by atoms with Gasteiger partial charge in [0.05, 0.1) is 5.60 Å². The van der Waals surface area contributed by atoms with Gasteiger partial charge in [-0.3, -0.25) is 4.98 Å². The van der Waals surface area contributed by atoms with Gasteiger partial charge in [-0.2, -0.15) is 0 Å². The number of rotatable bonds is 2. The number of halogens is 1. The SMILES string of the molecule is Cc1ncc(-c2nc3ccc(C(C)(C)O)cn3n2)c2cc(Cl)ncc12. The van der Waals surface area contributed by atoms with Crippen LogP contribution in [0.2, 0.25) is 5.15 Å². The van der Waals surface area contributed by atoms with Crippen LogP contribution < -0.4 is 0 Å². The summed E-state index contributed by atoms with van der Waals surface area (Å²) in [5.41, 5.74) is 2.17. The second-order valence-electron chi connectivity index (χ2n) is 6.52. The minimum atomic E-state index is -0.947. The predicted molar refractivity (Wildman–Crippen MR) is 96.5 cm³/mol. The molecule has 25 heavy (non-hydrogen) atoms. The lowest BCUT2D eigenvalue weighted by Gasteiger charge is -2.16. The second kappa shape index (κ2) is 5.47. The molecule has 0 amide bonds. The number of pyridine rings is 3. The monoisotopic (exact) mass is 353 g/mol. The van der Waals surface area contributed by atoms with Crippen molar-refractivity contribution in [3.05, 3.63) is 53.2 Å². The average molecular weight is 354 g/mol. The number of hydrogen-bond acceptors (Lipinski definition) is 5. The Hall–Kier alpha value is -2.57. The fourth-order valence-electron chi connectivity index (χ4n) is 2.78. The lowest BCUT2D eigenvalue weighted by atomic mass is 10.0. The summed E-state index contributed by atoms with van der Waals surface area (Å²) in [7, 11) is 0. The molecule has 1 N–H and O–H groups in total. The highest BCUT2D eigenvalue weighted by molar-refractivity contribution is 6.30. The Morgan fingerprint density at radius 2 is 1.92 bits per heavy atom. The fourth-order valence-corrected chi connectivity index (χ4v) is 2.94. The van der Waals surface area contributed by atoms with Crippen LogP contribution in [-0.2, 0) is 5.60 Å². The fraction of sp³-hybridized carbons (Fsp3) is 0.222. The van der Waals surface area contributed by atoms with Crippen LogP contribution in [0.3, 0.4) is 0 Å². The second-order valence-corrected chi connectivity index (χ2v) is 6.91. The van der Waals surface area contributed by atoms with Crippen molar-refractivity contribution in [2.45, 2.75) is 26.4 Å². The normalized spacial score (nSPS) is 12.2. The smallest absolute Gasteiger partial charge is 0.184 e. The molecular weight excluding hydrogens is 338 g/mol. The van der Waals surface area contributed by atoms with Crippen LogP contribution in [0.5, 0.6) is 0 Å². The van der Waals surface area contributed by atoms with E-state index in [9.17, 15) is 5.11 Å². The van der Waals surface area contributed by atoms with E-state index in [2.05, 4.69) is 20.1 Å². The number of fused-ring (bicyclic) bond motifs is 2. The van der Waals surface area contributed by atoms with Gasteiger partial charge >= 0.3 is 0 Å². The first-order valence-electron chi connectivity index (χ1n) is 7.83. The lowest BCUT2D eigenvalue weighted by Crippen LogP contribution is -2.16. The molecule has 0 saturated carbocycles. The van der Waals surface area contributed by atoms with E-state index in [0.717, 1.165) is 27.6 Å². The highest BCUT2D eigenvalue weighted by Gasteiger charge is 2.18. The molecule has 4 heterocycles. The Balaban J connectivity index is 1.94. The molecule has 0 aromatic carbocycles. The van der Waals surface area contributed by atoms with Crippen molar-refractivity contribution in [3.63, 3.8) is 0 Å². The summed E-state index contributed by atoms with van der Waals surface area (Å²) >= 11 is 6.07. The molecule has 0 aliphatic heterocycles. The number of aromatic nitrogens is 5. The van der Waals surface area contributed by atoms with Gasteiger partial charge in [-0.25, -0.2) is 14.5 Å². The molecule has 6 nitrogen and oxygen atoms in total. The zero-order valence-corrected chi connectivity index (χ0v) is 14.8. The van der Waals surface area contributed by atoms with Crippen LogP contribution >= 0.6 is 11.6 Å². The zero-order chi connectivity index (χ0) is 17.8. The van der Waals surface area contributed by atoms with E-state index < -0.39 is 5.60 Å². The third kappa shape index (κ3) is 2.73. The lowest BCUT2D eigenvalue weighted by molar-refractivity contribution is 0.0780. The van der Waals surface area contributed by atoms with Crippen molar-refractivity contribution in [1.29, 1.82) is 0 Å². The molecule has 4 aromatic heterocycles. The Kier molecular flexibility index (Phi) is 3.49. The molecule has 0 spiro atoms. The van der Waals surface area contributed by atoms with Crippen molar-refractivity contribution in [2.75, 3.05) is 0 Å². The molecule has 0 saturated heterocycles. The Labute approximate surface area is 149 Å². The summed E-state index contributed by atoms with van der Waals surface area (Å²) in [6, 6.07) is 5.48. The van der Waals surface area contributed by atoms with Crippen molar-refractivity contribution in [3.8, 4) is 11.4 Å². The maximum atomic E-state index is 10.2. The van der Waals surface area contributed by atoms with Crippen molar-refractivity contribution >= 4 is 28.0 Å². The predicted octanol–water partition coefficient (Wildman–Crippen LogP) is 3.53. The number of aliphatic hydroxyl groups is 1. The third-order valence-corrected chi connectivity index (χ3v) is 4.42. The molecule has 7 heteroatoms. The van der Waals surface area contributed by atoms with Gasteiger partial charge in [0, 0.05) is 46.2 Å². The van der Waals surface area contributed by atoms with E-state index in [4.69, 9.17) is 11.6 Å². The van der Waals surface area contributed by atoms with E-state index >= 15 is 0 Å². The van der Waals surface area contributed by atoms with Crippen LogP contribution in [0, 0.1) is 6.92 Å². The van der Waals surface area contributed by atoms with E-state index in [1.807, 2.05) is 19.1 Å². The minimum absolute atomic E-state index is 0.410. The minimum Gasteiger partial charge on any atom is -0.386 e. The van der Waals surface area contributed by atoms with Crippen LogP contribution in [0.1, 0.15) is 25.1 Å². The van der Waals surface area contributed by atoms with Gasteiger partial charge in [0.25, 0.3) is 0 Å². The molecule has 0 bridgehead atoms. The summed E-state index contributed by atoms with van der Waals surface area (Å²) < 4.78 is 1.66. The van der Waals surface area contributed by atoms with E-state index in [-0.39, 0.29) is 0 Å². The molecule has 126 valence electrons. The molecule has 0 atom stereocenters. The summed E-state index contributed by atoms with van der Waals surface area (Å²) in [5, 5.41) is 17.0. The summed E-state index contributed by atoms with van der Waals surface area (Å²) in [6.07, 6.45) is 5.25. The number of nitrogens with zero attached hydrogens (tertiary/aromatic N) is 5. The van der Waals surface area contributed by atoms with Gasteiger partial charge in [0.1, 0.15) is 5.15 Å². The standard InChI is InChI=1S/C18H16ClN5O/c1-10-13-7-21-15(19)6-12(13)14(8-20-10)17-22-16-5-4-11(18(2,3)25)9-24(16)23-17/h4-9,25H,1-3H3. The number of aryl methyl sites for hydroxylation is 1. The summed E-state index contributed by atoms with van der Waals surface area (Å²) in [4.78, 5) is 13.1. The van der Waals surface area contributed by atoms with E-state index in [1.165, 1.54) is 0 Å². The summed E-state index contributed by atoms with van der Waals surface area (Å²) in [5.74, 6) is 0.549. The van der Waals surface area contributed by atoms with Crippen molar-refractivity contribution < 1.29 is 5.11 Å². The molecule has 0 fully saturated rings. The Morgan fingerprint density at radius 1 is 1.12 bits per heavy atom. The van der Waals surface area contributed by atoms with Gasteiger partial charge in [-0.05, 0) is 32.9 Å². The first kappa shape index (κ1) is 15.9. The Bertz CT molecular complexity index is 1110. The maximum absolute atomic E-state index is 10.2. The molecule has 4 rings (SSSR count). The zero-order valence-electron chi connectivity index (χ0n) is 14.0. The van der Waals surface area contributed by atoms with Gasteiger partial charge in [-0.1, -0.05) is 17.7 Å². The van der Waals surface area contributed by atoms with E-state index in [1.54, 1.807) is 43.0 Å². The summed E-state index contributed by atoms with van der Waals surface area (Å²) in [6.45, 7) is 5.39. The molecule has 0 aliphatic rings. The maximum Gasteiger partial charge on any atom is 0.184 e. The molecule has 4 aromatic rings. The number of hydrogen-bond donors (Lipinski definition) is 1. The quantitative estimate of drug-likeness (QED) is 0.558. The van der Waals surface area contributed by atoms with Gasteiger partial charge < -0.3 is 5.11 Å². The van der Waals surface area contributed by atoms with E-state index in [0.29, 0.717) is 16.6 Å². The largest absolute Gasteiger partial charge is 0.386 e. The van der Waals surface area contributed by atoms with Gasteiger partial charge in [-0.15, -0.1) is 5.10 Å². The molecule has 0 aliphatic carbocycles. The molecule has 0 radical (unpaired) electrons. The first-order valence-corrected chi connectivity index (χ1v) is 8.21. The first-order chi connectivity index (χ1) is 11.8. The van der Waals surface area contributed by atoms with Gasteiger partial charge in [0.15, 0.2) is 11.5 Å². The van der Waals surface area contributed by atoms with Crippen molar-refractivity contribution in [1.82, 2.24) is 24.6 Å². The average Bonchev–Trinajstić information content (AvgIpc) is 2.97. The Morgan fingerprint density at radius 3 is 2.68 bits per heavy atom. The van der Waals surface area contributed by atoms with Crippen molar-refractivity contribution in [2.24, 2.45) is 0 Å². The van der Waals surface area contributed by atoms with Crippen LogP contribution in [0.25, 0.3) is 27.8 Å². The van der Waals surface area contributed by atoms with Gasteiger partial charge in [0.2, 0.25) is 0 Å². The van der Waals surface area contributed by atoms with Crippen LogP contribution in [0.4, 0.5) is 0 Å². The molecule has 0 unspecified atom stereocenters. The topological polar surface area (TPSA) is 76.2 Å². The molecular formula is C18H16ClN5O. The highest BCUT2D eigenvalue weighted by atomic mass is 35.5. The van der Waals surface area contributed by atoms with Crippen LogP contribution in [-0.4, -0.2) is 29.7 Å². The third-order valence-electron chi connectivity index (χ3n) is 4.22. The van der Waals surface area contributed by atoms with Crippen LogP contribution in [0.15, 0.2) is 36.8 Å². The highest BCUT2D eigenvalue weighted by Crippen LogP contribution is 2.29.